The molecule has 4 heteroatoms. The van der Waals surface area contributed by atoms with Gasteiger partial charge in [0.05, 0.1) is 5.56 Å². The van der Waals surface area contributed by atoms with E-state index in [0.717, 1.165) is 28.8 Å². The van der Waals surface area contributed by atoms with Crippen molar-refractivity contribution in [3.8, 4) is 0 Å². The van der Waals surface area contributed by atoms with Gasteiger partial charge in [0, 0.05) is 12.2 Å². The Hall–Kier alpha value is -1.16. The topological polar surface area (TPSA) is 50.9 Å². The molecule has 0 spiro atoms. The van der Waals surface area contributed by atoms with Crippen LogP contribution < -0.4 is 11.1 Å². The van der Waals surface area contributed by atoms with Crippen LogP contribution in [0.2, 0.25) is 0 Å². The minimum atomic E-state index is 0.436. The molecule has 3 rings (SSSR count). The van der Waals surface area contributed by atoms with Gasteiger partial charge in [-0.2, -0.15) is 0 Å². The largest absolute Gasteiger partial charge is 0.389 e. The van der Waals surface area contributed by atoms with Crippen LogP contribution in [0.4, 0.5) is 5.82 Å². The van der Waals surface area contributed by atoms with E-state index < -0.39 is 0 Å². The van der Waals surface area contributed by atoms with Crippen LogP contribution in [0.3, 0.4) is 0 Å². The molecular formula is C14H19N3S. The van der Waals surface area contributed by atoms with Gasteiger partial charge in [0.15, 0.2) is 0 Å². The van der Waals surface area contributed by atoms with Crippen molar-refractivity contribution in [2.24, 2.45) is 17.6 Å². The number of aromatic nitrogens is 1. The van der Waals surface area contributed by atoms with Gasteiger partial charge in [0.1, 0.15) is 10.8 Å². The van der Waals surface area contributed by atoms with Crippen molar-refractivity contribution in [2.45, 2.75) is 38.6 Å². The van der Waals surface area contributed by atoms with Gasteiger partial charge in [0.2, 0.25) is 0 Å². The van der Waals surface area contributed by atoms with Crippen LogP contribution in [0.15, 0.2) is 12.3 Å². The smallest absolute Gasteiger partial charge is 0.136 e. The number of nitrogens with two attached hydrogens (primary N) is 1. The second kappa shape index (κ2) is 4.50. The Morgan fingerprint density at radius 2 is 2.28 bits per heavy atom. The number of nitrogens with zero attached hydrogens (tertiary/aromatic N) is 1. The maximum Gasteiger partial charge on any atom is 0.136 e. The van der Waals surface area contributed by atoms with Gasteiger partial charge in [-0.05, 0) is 49.7 Å². The summed E-state index contributed by atoms with van der Waals surface area (Å²) in [5.41, 5.74) is 7.83. The Balaban J connectivity index is 1.84. The molecule has 0 radical (unpaired) electrons. The van der Waals surface area contributed by atoms with E-state index in [1.165, 1.54) is 25.7 Å². The Bertz CT molecular complexity index is 486. The van der Waals surface area contributed by atoms with Crippen LogP contribution in [-0.2, 0) is 0 Å². The highest BCUT2D eigenvalue weighted by molar-refractivity contribution is 7.80. The fraction of sp³-hybridized carbons (Fsp3) is 0.571. The van der Waals surface area contributed by atoms with Crippen LogP contribution in [0.1, 0.15) is 36.8 Å². The maximum absolute atomic E-state index is 5.82. The molecule has 2 aliphatic rings. The number of rotatable bonds is 3. The first-order chi connectivity index (χ1) is 8.65. The molecule has 96 valence electrons. The highest BCUT2D eigenvalue weighted by atomic mass is 32.1. The summed E-state index contributed by atoms with van der Waals surface area (Å²) in [6, 6.07) is 2.52. The summed E-state index contributed by atoms with van der Waals surface area (Å²) in [5, 5.41) is 3.58. The van der Waals surface area contributed by atoms with Crippen molar-refractivity contribution in [2.75, 3.05) is 5.32 Å². The summed E-state index contributed by atoms with van der Waals surface area (Å²) in [6.45, 7) is 2.03. The fourth-order valence-corrected chi connectivity index (χ4v) is 3.83. The predicted molar refractivity (Wildman–Crippen MR) is 77.7 cm³/mol. The van der Waals surface area contributed by atoms with Crippen LogP contribution in [0, 0.1) is 18.8 Å². The fourth-order valence-electron chi connectivity index (χ4n) is 3.58. The Kier molecular flexibility index (Phi) is 2.98. The molecule has 0 aliphatic heterocycles. The lowest BCUT2D eigenvalue weighted by atomic mass is 9.95. The number of pyridine rings is 1. The van der Waals surface area contributed by atoms with Gasteiger partial charge >= 0.3 is 0 Å². The summed E-state index contributed by atoms with van der Waals surface area (Å²) in [6.07, 6.45) is 7.25. The second-order valence-electron chi connectivity index (χ2n) is 5.64. The van der Waals surface area contributed by atoms with Gasteiger partial charge in [-0.15, -0.1) is 0 Å². The van der Waals surface area contributed by atoms with E-state index in [-0.39, 0.29) is 0 Å². The highest BCUT2D eigenvalue weighted by Crippen LogP contribution is 2.45. The normalized spacial score (nSPS) is 29.5. The van der Waals surface area contributed by atoms with Crippen LogP contribution >= 0.6 is 12.2 Å². The molecular weight excluding hydrogens is 242 g/mol. The van der Waals surface area contributed by atoms with Crippen LogP contribution in [0.25, 0.3) is 0 Å². The summed E-state index contributed by atoms with van der Waals surface area (Å²) in [5.74, 6) is 2.61. The number of hydrogen-bond acceptors (Lipinski definition) is 3. The second-order valence-corrected chi connectivity index (χ2v) is 6.08. The first-order valence-electron chi connectivity index (χ1n) is 6.67. The van der Waals surface area contributed by atoms with Gasteiger partial charge < -0.3 is 11.1 Å². The third-order valence-electron chi connectivity index (χ3n) is 4.47. The molecule has 2 bridgehead atoms. The zero-order chi connectivity index (χ0) is 12.7. The lowest BCUT2D eigenvalue weighted by molar-refractivity contribution is 0.439. The zero-order valence-corrected chi connectivity index (χ0v) is 11.5. The van der Waals surface area contributed by atoms with Crippen molar-refractivity contribution >= 4 is 23.0 Å². The Labute approximate surface area is 113 Å². The zero-order valence-electron chi connectivity index (χ0n) is 10.6. The van der Waals surface area contributed by atoms with Crippen molar-refractivity contribution in [3.63, 3.8) is 0 Å². The van der Waals surface area contributed by atoms with Gasteiger partial charge in [-0.25, -0.2) is 4.98 Å². The number of fused-ring (bicyclic) bond motifs is 2. The number of hydrogen-bond donors (Lipinski definition) is 2. The van der Waals surface area contributed by atoms with Crippen molar-refractivity contribution in [1.82, 2.24) is 4.98 Å². The minimum absolute atomic E-state index is 0.436. The number of nitrogens with one attached hydrogen (secondary N) is 1. The lowest BCUT2D eigenvalue weighted by Gasteiger charge is -2.24. The van der Waals surface area contributed by atoms with Crippen molar-refractivity contribution < 1.29 is 0 Å². The van der Waals surface area contributed by atoms with Crippen LogP contribution in [0.5, 0.6) is 0 Å². The molecule has 2 fully saturated rings. The summed E-state index contributed by atoms with van der Waals surface area (Å²) >= 11 is 5.14. The molecule has 2 saturated carbocycles. The quantitative estimate of drug-likeness (QED) is 0.821. The van der Waals surface area contributed by atoms with E-state index in [4.69, 9.17) is 18.0 Å². The Morgan fingerprint density at radius 1 is 1.44 bits per heavy atom. The summed E-state index contributed by atoms with van der Waals surface area (Å²) in [7, 11) is 0. The van der Waals surface area contributed by atoms with Crippen molar-refractivity contribution in [3.05, 3.63) is 23.4 Å². The number of thiocarbonyl (C=S) groups is 1. The molecule has 3 N–H and O–H groups in total. The van der Waals surface area contributed by atoms with Gasteiger partial charge in [0.25, 0.3) is 0 Å². The molecule has 2 aliphatic carbocycles. The summed E-state index contributed by atoms with van der Waals surface area (Å²) < 4.78 is 0. The predicted octanol–water partition coefficient (Wildman–Crippen LogP) is 2.62. The third-order valence-corrected chi connectivity index (χ3v) is 4.67. The standard InChI is InChI=1S/C14H19N3S/c1-8-4-5-16-14(12(8)13(15)18)17-11-7-9-2-3-10(11)6-9/h4-5,9-11H,2-3,6-7H2,1H3,(H2,15,18)(H,16,17). The van der Waals surface area contributed by atoms with E-state index in [1.807, 2.05) is 19.2 Å². The van der Waals surface area contributed by atoms with E-state index in [0.29, 0.717) is 11.0 Å². The first kappa shape index (κ1) is 11.9. The molecule has 0 saturated heterocycles. The molecule has 1 heterocycles. The van der Waals surface area contributed by atoms with Gasteiger partial charge in [-0.3, -0.25) is 0 Å². The molecule has 0 amide bonds. The molecule has 1 aromatic rings. The SMILES string of the molecule is Cc1ccnc(NC2CC3CCC2C3)c1C(N)=S. The Morgan fingerprint density at radius 3 is 2.89 bits per heavy atom. The monoisotopic (exact) mass is 261 g/mol. The van der Waals surface area contributed by atoms with Crippen LogP contribution in [-0.4, -0.2) is 16.0 Å². The maximum atomic E-state index is 5.82. The van der Waals surface area contributed by atoms with E-state index >= 15 is 0 Å². The highest BCUT2D eigenvalue weighted by Gasteiger charge is 2.39. The first-order valence-corrected chi connectivity index (χ1v) is 7.08. The van der Waals surface area contributed by atoms with E-state index in [1.54, 1.807) is 0 Å². The van der Waals surface area contributed by atoms with E-state index in [2.05, 4.69) is 10.3 Å². The summed E-state index contributed by atoms with van der Waals surface area (Å²) in [4.78, 5) is 4.87. The average molecular weight is 261 g/mol. The lowest BCUT2D eigenvalue weighted by Crippen LogP contribution is -2.28. The number of anilines is 1. The molecule has 0 aromatic carbocycles. The molecule has 3 nitrogen and oxygen atoms in total. The minimum Gasteiger partial charge on any atom is -0.389 e. The van der Waals surface area contributed by atoms with E-state index in [9.17, 15) is 0 Å². The van der Waals surface area contributed by atoms with Crippen molar-refractivity contribution in [1.29, 1.82) is 0 Å². The molecule has 3 unspecified atom stereocenters. The molecule has 1 aromatic heterocycles. The average Bonchev–Trinajstić information content (AvgIpc) is 2.90. The number of aryl methyl sites for hydroxylation is 1. The molecule has 18 heavy (non-hydrogen) atoms. The third kappa shape index (κ3) is 1.99. The van der Waals surface area contributed by atoms with Gasteiger partial charge in [-0.1, -0.05) is 18.6 Å². The molecule has 3 atom stereocenters.